The quantitative estimate of drug-likeness (QED) is 0.557. The Morgan fingerprint density at radius 1 is 1.09 bits per heavy atom. The number of aromatic amines is 1. The molecule has 22 heavy (non-hydrogen) atoms. The summed E-state index contributed by atoms with van der Waals surface area (Å²) in [4.78, 5) is 6.67. The van der Waals surface area contributed by atoms with Crippen molar-refractivity contribution in [3.8, 4) is 0 Å². The number of benzene rings is 1. The average molecular weight is 318 g/mol. The number of aromatic nitrogens is 3. The van der Waals surface area contributed by atoms with Crippen LogP contribution in [0.15, 0.2) is 29.4 Å². The van der Waals surface area contributed by atoms with Crippen molar-refractivity contribution in [1.29, 1.82) is 0 Å². The van der Waals surface area contributed by atoms with Gasteiger partial charge in [-0.1, -0.05) is 50.1 Å². The Morgan fingerprint density at radius 2 is 1.86 bits per heavy atom. The lowest BCUT2D eigenvalue weighted by Crippen LogP contribution is -2.08. The lowest BCUT2D eigenvalue weighted by molar-refractivity contribution is 0.706. The Morgan fingerprint density at radius 3 is 2.55 bits per heavy atom. The minimum atomic E-state index is 0.778. The van der Waals surface area contributed by atoms with Crippen LogP contribution in [0.3, 0.4) is 0 Å². The maximum absolute atomic E-state index is 4.57. The maximum Gasteiger partial charge on any atom is 0.183 e. The van der Waals surface area contributed by atoms with Crippen molar-refractivity contribution in [3.05, 3.63) is 35.7 Å². The van der Waals surface area contributed by atoms with Gasteiger partial charge in [0.25, 0.3) is 0 Å². The van der Waals surface area contributed by atoms with E-state index in [1.165, 1.54) is 36.9 Å². The summed E-state index contributed by atoms with van der Waals surface area (Å²) in [6, 6.07) is 8.54. The lowest BCUT2D eigenvalue weighted by atomic mass is 10.1. The van der Waals surface area contributed by atoms with E-state index in [1.54, 1.807) is 11.8 Å². The van der Waals surface area contributed by atoms with Gasteiger partial charge in [0.2, 0.25) is 0 Å². The van der Waals surface area contributed by atoms with Crippen molar-refractivity contribution in [2.75, 3.05) is 24.7 Å². The van der Waals surface area contributed by atoms with Crippen LogP contribution in [0.1, 0.15) is 44.0 Å². The summed E-state index contributed by atoms with van der Waals surface area (Å²) in [7, 11) is 4.10. The third-order valence-corrected chi connectivity index (χ3v) is 4.51. The molecule has 0 aliphatic carbocycles. The normalized spacial score (nSPS) is 10.9. The Hall–Kier alpha value is -1.49. The summed E-state index contributed by atoms with van der Waals surface area (Å²) in [5.74, 6) is 1.99. The summed E-state index contributed by atoms with van der Waals surface area (Å²) in [6.07, 6.45) is 5.94. The van der Waals surface area contributed by atoms with Gasteiger partial charge in [-0.2, -0.15) is 5.10 Å². The van der Waals surface area contributed by atoms with Crippen LogP contribution in [0, 0.1) is 0 Å². The molecule has 0 aliphatic heterocycles. The first kappa shape index (κ1) is 16.9. The summed E-state index contributed by atoms with van der Waals surface area (Å²) < 4.78 is 0. The highest BCUT2D eigenvalue weighted by Gasteiger charge is 2.05. The minimum absolute atomic E-state index is 0.778. The predicted molar refractivity (Wildman–Crippen MR) is 94.8 cm³/mol. The zero-order chi connectivity index (χ0) is 15.8. The molecule has 0 radical (unpaired) electrons. The Labute approximate surface area is 137 Å². The van der Waals surface area contributed by atoms with Crippen LogP contribution in [-0.4, -0.2) is 35.0 Å². The van der Waals surface area contributed by atoms with Gasteiger partial charge in [0.15, 0.2) is 11.0 Å². The van der Waals surface area contributed by atoms with Gasteiger partial charge in [-0.25, -0.2) is 4.98 Å². The maximum atomic E-state index is 4.57. The van der Waals surface area contributed by atoms with Crippen molar-refractivity contribution in [1.82, 2.24) is 15.2 Å². The van der Waals surface area contributed by atoms with Gasteiger partial charge in [-0.3, -0.25) is 5.10 Å². The van der Waals surface area contributed by atoms with E-state index in [1.807, 2.05) is 14.1 Å². The van der Waals surface area contributed by atoms with E-state index in [2.05, 4.69) is 51.3 Å². The number of thioether (sulfide) groups is 1. The molecule has 0 atom stereocenters. The molecule has 0 spiro atoms. The number of anilines is 1. The average Bonchev–Trinajstić information content (AvgIpc) is 2.95. The van der Waals surface area contributed by atoms with E-state index < -0.39 is 0 Å². The second-order valence-corrected chi connectivity index (χ2v) is 6.79. The molecule has 0 saturated heterocycles. The van der Waals surface area contributed by atoms with E-state index >= 15 is 0 Å². The van der Waals surface area contributed by atoms with Gasteiger partial charge in [-0.05, 0) is 24.1 Å². The van der Waals surface area contributed by atoms with Crippen molar-refractivity contribution < 1.29 is 0 Å². The van der Waals surface area contributed by atoms with Crippen LogP contribution in [0.25, 0.3) is 0 Å². The van der Waals surface area contributed by atoms with E-state index in [4.69, 9.17) is 0 Å². The summed E-state index contributed by atoms with van der Waals surface area (Å²) >= 11 is 1.77. The number of H-pyrrole nitrogens is 1. The van der Waals surface area contributed by atoms with Crippen LogP contribution in [0.5, 0.6) is 0 Å². The van der Waals surface area contributed by atoms with Crippen molar-refractivity contribution >= 4 is 17.4 Å². The lowest BCUT2D eigenvalue weighted by Gasteiger charge is -2.12. The molecular weight excluding hydrogens is 292 g/mol. The molecule has 0 unspecified atom stereocenters. The molecule has 0 amide bonds. The molecule has 1 aromatic heterocycles. The number of hydrogen-bond acceptors (Lipinski definition) is 4. The number of rotatable bonds is 9. The fourth-order valence-electron chi connectivity index (χ4n) is 2.22. The first-order valence-electron chi connectivity index (χ1n) is 7.99. The van der Waals surface area contributed by atoms with Gasteiger partial charge >= 0.3 is 0 Å². The fourth-order valence-corrected chi connectivity index (χ4v) is 3.04. The number of unbranched alkanes of at least 4 members (excludes halogenated alkanes) is 3. The topological polar surface area (TPSA) is 44.8 Å². The van der Waals surface area contributed by atoms with Crippen LogP contribution in [-0.2, 0) is 6.42 Å². The zero-order valence-electron chi connectivity index (χ0n) is 13.8. The third-order valence-electron chi connectivity index (χ3n) is 3.56. The molecular formula is C17H26N4S. The largest absolute Gasteiger partial charge is 0.378 e. The first-order valence-corrected chi connectivity index (χ1v) is 8.98. The molecule has 5 heteroatoms. The van der Waals surface area contributed by atoms with Crippen molar-refractivity contribution in [2.45, 2.75) is 44.2 Å². The SMILES string of the molecule is CCCCCCSc1nc(Cc2ccc(N(C)C)cc2)n[nH]1. The predicted octanol–water partition coefficient (Wildman–Crippen LogP) is 4.13. The monoisotopic (exact) mass is 318 g/mol. The Balaban J connectivity index is 1.81. The number of nitrogens with one attached hydrogen (secondary N) is 1. The summed E-state index contributed by atoms with van der Waals surface area (Å²) in [5, 5.41) is 8.30. The van der Waals surface area contributed by atoms with Gasteiger partial charge in [-0.15, -0.1) is 0 Å². The van der Waals surface area contributed by atoms with E-state index in [9.17, 15) is 0 Å². The highest BCUT2D eigenvalue weighted by molar-refractivity contribution is 7.99. The van der Waals surface area contributed by atoms with Crippen LogP contribution in [0.2, 0.25) is 0 Å². The van der Waals surface area contributed by atoms with E-state index in [0.29, 0.717) is 0 Å². The summed E-state index contributed by atoms with van der Waals surface area (Å²) in [5.41, 5.74) is 2.45. The second kappa shape index (κ2) is 8.83. The smallest absolute Gasteiger partial charge is 0.183 e. The van der Waals surface area contributed by atoms with Crippen molar-refractivity contribution in [2.24, 2.45) is 0 Å². The van der Waals surface area contributed by atoms with Crippen LogP contribution in [0.4, 0.5) is 5.69 Å². The molecule has 1 N–H and O–H groups in total. The molecule has 0 fully saturated rings. The molecule has 2 aromatic rings. The van der Waals surface area contributed by atoms with Crippen LogP contribution >= 0.6 is 11.8 Å². The third kappa shape index (κ3) is 5.37. The number of hydrogen-bond donors (Lipinski definition) is 1. The first-order chi connectivity index (χ1) is 10.7. The van der Waals surface area contributed by atoms with Gasteiger partial charge in [0.05, 0.1) is 0 Å². The highest BCUT2D eigenvalue weighted by atomic mass is 32.2. The molecule has 0 saturated carbocycles. The minimum Gasteiger partial charge on any atom is -0.378 e. The fraction of sp³-hybridized carbons (Fsp3) is 0.529. The van der Waals surface area contributed by atoms with Gasteiger partial charge in [0, 0.05) is 32.0 Å². The molecule has 4 nitrogen and oxygen atoms in total. The van der Waals surface area contributed by atoms with E-state index in [0.717, 1.165) is 23.2 Å². The van der Waals surface area contributed by atoms with Gasteiger partial charge in [0.1, 0.15) is 0 Å². The summed E-state index contributed by atoms with van der Waals surface area (Å²) in [6.45, 7) is 2.24. The highest BCUT2D eigenvalue weighted by Crippen LogP contribution is 2.17. The molecule has 2 rings (SSSR count). The van der Waals surface area contributed by atoms with Gasteiger partial charge < -0.3 is 4.90 Å². The molecule has 0 bridgehead atoms. The standard InChI is InChI=1S/C17H26N4S/c1-4-5-6-7-12-22-17-18-16(19-20-17)13-14-8-10-15(11-9-14)21(2)3/h8-11H,4-7,12-13H2,1-3H3,(H,18,19,20). The Kier molecular flexibility index (Phi) is 6.77. The Bertz CT molecular complexity index is 548. The molecule has 1 aromatic carbocycles. The zero-order valence-corrected chi connectivity index (χ0v) is 14.6. The van der Waals surface area contributed by atoms with Crippen molar-refractivity contribution in [3.63, 3.8) is 0 Å². The number of nitrogens with zero attached hydrogens (tertiary/aromatic N) is 3. The van der Waals surface area contributed by atoms with E-state index in [-0.39, 0.29) is 0 Å². The molecule has 1 heterocycles. The molecule has 0 aliphatic rings. The molecule has 120 valence electrons. The van der Waals surface area contributed by atoms with Crippen LogP contribution < -0.4 is 4.90 Å². The second-order valence-electron chi connectivity index (χ2n) is 5.70.